The number of nitrogens with zero attached hydrogens (tertiary/aromatic N) is 1. The van der Waals surface area contributed by atoms with Crippen LogP contribution >= 0.6 is 0 Å². The molecule has 0 radical (unpaired) electrons. The van der Waals surface area contributed by atoms with Crippen LogP contribution in [0.4, 0.5) is 5.69 Å². The molecule has 2 aromatic carbocycles. The molecule has 0 aliphatic carbocycles. The SMILES string of the molecule is CC(C)(C)c1ccc(CNc2ccc(CC(=O)NCCN3CCCCC3)cc2)cc1. The van der Waals surface area contributed by atoms with E-state index in [1.165, 1.54) is 43.5 Å². The molecule has 2 aromatic rings. The molecule has 1 aliphatic rings. The van der Waals surface area contributed by atoms with Crippen molar-refractivity contribution in [3.05, 3.63) is 65.2 Å². The van der Waals surface area contributed by atoms with Gasteiger partial charge in [-0.1, -0.05) is 63.6 Å². The van der Waals surface area contributed by atoms with E-state index in [-0.39, 0.29) is 11.3 Å². The van der Waals surface area contributed by atoms with Gasteiger partial charge in [0.2, 0.25) is 5.91 Å². The molecule has 162 valence electrons. The van der Waals surface area contributed by atoms with E-state index in [2.05, 4.69) is 72.7 Å². The Balaban J connectivity index is 1.39. The molecule has 4 heteroatoms. The number of hydrogen-bond acceptors (Lipinski definition) is 3. The number of anilines is 1. The molecule has 0 unspecified atom stereocenters. The van der Waals surface area contributed by atoms with E-state index in [9.17, 15) is 4.79 Å². The van der Waals surface area contributed by atoms with Crippen LogP contribution in [0.1, 0.15) is 56.7 Å². The normalized spacial score (nSPS) is 15.0. The molecule has 1 saturated heterocycles. The highest BCUT2D eigenvalue weighted by molar-refractivity contribution is 5.78. The third-order valence-electron chi connectivity index (χ3n) is 5.83. The molecule has 1 fully saturated rings. The van der Waals surface area contributed by atoms with Crippen LogP contribution in [-0.4, -0.2) is 37.0 Å². The molecule has 1 heterocycles. The second-order valence-electron chi connectivity index (χ2n) is 9.43. The lowest BCUT2D eigenvalue weighted by atomic mass is 9.87. The van der Waals surface area contributed by atoms with Gasteiger partial charge in [-0.3, -0.25) is 4.79 Å². The minimum atomic E-state index is 0.103. The molecule has 0 saturated carbocycles. The smallest absolute Gasteiger partial charge is 0.224 e. The van der Waals surface area contributed by atoms with Crippen molar-refractivity contribution >= 4 is 11.6 Å². The van der Waals surface area contributed by atoms with Crippen molar-refractivity contribution in [3.8, 4) is 0 Å². The Morgan fingerprint density at radius 3 is 2.17 bits per heavy atom. The molecule has 0 aromatic heterocycles. The fraction of sp³-hybridized carbons (Fsp3) is 0.500. The van der Waals surface area contributed by atoms with Gasteiger partial charge in [-0.15, -0.1) is 0 Å². The molecule has 2 N–H and O–H groups in total. The van der Waals surface area contributed by atoms with Crippen molar-refractivity contribution in [2.24, 2.45) is 0 Å². The first-order valence-electron chi connectivity index (χ1n) is 11.3. The van der Waals surface area contributed by atoms with E-state index in [1.807, 2.05) is 12.1 Å². The Morgan fingerprint density at radius 1 is 0.900 bits per heavy atom. The molecule has 0 spiro atoms. The van der Waals surface area contributed by atoms with Gasteiger partial charge in [0.25, 0.3) is 0 Å². The first-order chi connectivity index (χ1) is 14.4. The molecule has 1 aliphatic heterocycles. The fourth-order valence-electron chi connectivity index (χ4n) is 3.85. The molecule has 4 nitrogen and oxygen atoms in total. The zero-order chi connectivity index (χ0) is 21.4. The summed E-state index contributed by atoms with van der Waals surface area (Å²) in [6.07, 6.45) is 4.36. The number of piperidine rings is 1. The van der Waals surface area contributed by atoms with Gasteiger partial charge in [0.1, 0.15) is 0 Å². The Labute approximate surface area is 182 Å². The molecular formula is C26H37N3O. The van der Waals surface area contributed by atoms with Gasteiger partial charge in [0, 0.05) is 25.3 Å². The topological polar surface area (TPSA) is 44.4 Å². The van der Waals surface area contributed by atoms with Gasteiger partial charge in [-0.05, 0) is 60.2 Å². The standard InChI is InChI=1S/C26H37N3O/c1-26(2,3)23-11-7-22(8-12-23)20-28-24-13-9-21(10-14-24)19-25(30)27-15-18-29-16-5-4-6-17-29/h7-14,28H,4-6,15-20H2,1-3H3,(H,27,30). The summed E-state index contributed by atoms with van der Waals surface area (Å²) < 4.78 is 0. The van der Waals surface area contributed by atoms with Crippen molar-refractivity contribution in [2.45, 2.75) is 58.4 Å². The Morgan fingerprint density at radius 2 is 1.53 bits per heavy atom. The van der Waals surface area contributed by atoms with Gasteiger partial charge in [-0.25, -0.2) is 0 Å². The molecule has 30 heavy (non-hydrogen) atoms. The van der Waals surface area contributed by atoms with Crippen LogP contribution in [0.3, 0.4) is 0 Å². The molecular weight excluding hydrogens is 370 g/mol. The summed E-state index contributed by atoms with van der Waals surface area (Å²) in [5.74, 6) is 0.103. The maximum Gasteiger partial charge on any atom is 0.224 e. The van der Waals surface area contributed by atoms with Gasteiger partial charge in [-0.2, -0.15) is 0 Å². The number of amides is 1. The summed E-state index contributed by atoms with van der Waals surface area (Å²) in [6, 6.07) is 17.0. The monoisotopic (exact) mass is 407 g/mol. The van der Waals surface area contributed by atoms with Crippen LogP contribution in [0.15, 0.2) is 48.5 Å². The van der Waals surface area contributed by atoms with Crippen LogP contribution in [0, 0.1) is 0 Å². The summed E-state index contributed by atoms with van der Waals surface area (Å²) in [6.45, 7) is 11.5. The predicted molar refractivity (Wildman–Crippen MR) is 126 cm³/mol. The van der Waals surface area contributed by atoms with Crippen molar-refractivity contribution in [1.29, 1.82) is 0 Å². The van der Waals surface area contributed by atoms with E-state index in [4.69, 9.17) is 0 Å². The van der Waals surface area contributed by atoms with Crippen LogP contribution < -0.4 is 10.6 Å². The van der Waals surface area contributed by atoms with E-state index in [1.54, 1.807) is 0 Å². The summed E-state index contributed by atoms with van der Waals surface area (Å²) in [7, 11) is 0. The zero-order valence-corrected chi connectivity index (χ0v) is 18.8. The Kier molecular flexibility index (Phi) is 7.92. The lowest BCUT2D eigenvalue weighted by molar-refractivity contribution is -0.120. The summed E-state index contributed by atoms with van der Waals surface area (Å²) >= 11 is 0. The lowest BCUT2D eigenvalue weighted by Gasteiger charge is -2.26. The highest BCUT2D eigenvalue weighted by atomic mass is 16.1. The van der Waals surface area contributed by atoms with E-state index in [0.717, 1.165) is 30.9 Å². The summed E-state index contributed by atoms with van der Waals surface area (Å²) in [4.78, 5) is 14.6. The minimum Gasteiger partial charge on any atom is -0.381 e. The van der Waals surface area contributed by atoms with E-state index < -0.39 is 0 Å². The number of likely N-dealkylation sites (tertiary alicyclic amines) is 1. The molecule has 3 rings (SSSR count). The Hall–Kier alpha value is -2.33. The minimum absolute atomic E-state index is 0.103. The highest BCUT2D eigenvalue weighted by Crippen LogP contribution is 2.22. The first-order valence-corrected chi connectivity index (χ1v) is 11.3. The number of carbonyl (C=O) groups excluding carboxylic acids is 1. The number of rotatable bonds is 8. The van der Waals surface area contributed by atoms with Crippen molar-refractivity contribution in [3.63, 3.8) is 0 Å². The van der Waals surface area contributed by atoms with Crippen molar-refractivity contribution in [1.82, 2.24) is 10.2 Å². The maximum absolute atomic E-state index is 12.2. The van der Waals surface area contributed by atoms with Gasteiger partial charge in [0.15, 0.2) is 0 Å². The Bertz CT molecular complexity index is 785. The second-order valence-corrected chi connectivity index (χ2v) is 9.43. The molecule has 0 bridgehead atoms. The summed E-state index contributed by atoms with van der Waals surface area (Å²) in [5, 5.41) is 6.52. The van der Waals surface area contributed by atoms with Crippen molar-refractivity contribution < 1.29 is 4.79 Å². The molecule has 0 atom stereocenters. The van der Waals surface area contributed by atoms with Crippen LogP contribution in [-0.2, 0) is 23.2 Å². The van der Waals surface area contributed by atoms with E-state index >= 15 is 0 Å². The third kappa shape index (κ3) is 7.17. The number of hydrogen-bond donors (Lipinski definition) is 2. The molecule has 1 amide bonds. The fourth-order valence-corrected chi connectivity index (χ4v) is 3.85. The van der Waals surface area contributed by atoms with Gasteiger partial charge in [0.05, 0.1) is 6.42 Å². The second kappa shape index (κ2) is 10.6. The van der Waals surface area contributed by atoms with E-state index in [0.29, 0.717) is 6.42 Å². The number of benzene rings is 2. The number of carbonyl (C=O) groups is 1. The highest BCUT2D eigenvalue weighted by Gasteiger charge is 2.13. The maximum atomic E-state index is 12.2. The average molecular weight is 408 g/mol. The quantitative estimate of drug-likeness (QED) is 0.664. The van der Waals surface area contributed by atoms with Crippen LogP contribution in [0.5, 0.6) is 0 Å². The van der Waals surface area contributed by atoms with Gasteiger partial charge >= 0.3 is 0 Å². The van der Waals surface area contributed by atoms with Gasteiger partial charge < -0.3 is 15.5 Å². The summed E-state index contributed by atoms with van der Waals surface area (Å²) in [5.41, 5.74) is 4.92. The largest absolute Gasteiger partial charge is 0.381 e. The average Bonchev–Trinajstić information content (AvgIpc) is 2.74. The predicted octanol–water partition coefficient (Wildman–Crippen LogP) is 4.74. The first kappa shape index (κ1) is 22.4. The zero-order valence-electron chi connectivity index (χ0n) is 18.8. The van der Waals surface area contributed by atoms with Crippen molar-refractivity contribution in [2.75, 3.05) is 31.5 Å². The third-order valence-corrected chi connectivity index (χ3v) is 5.83. The lowest BCUT2D eigenvalue weighted by Crippen LogP contribution is -2.38. The number of nitrogens with one attached hydrogen (secondary N) is 2. The van der Waals surface area contributed by atoms with Crippen LogP contribution in [0.2, 0.25) is 0 Å². The van der Waals surface area contributed by atoms with Crippen LogP contribution in [0.25, 0.3) is 0 Å².